The number of methoxy groups -OCH3 is 1. The SMILES string of the molecule is COc1ccc(C)cc1CNc1ccc(F)cc1[N+](=O)[O-]. The van der Waals surface area contributed by atoms with Gasteiger partial charge < -0.3 is 10.1 Å². The van der Waals surface area contributed by atoms with Crippen LogP contribution in [0.3, 0.4) is 0 Å². The van der Waals surface area contributed by atoms with E-state index < -0.39 is 10.7 Å². The Balaban J connectivity index is 2.24. The van der Waals surface area contributed by atoms with Crippen molar-refractivity contribution in [2.45, 2.75) is 13.5 Å². The monoisotopic (exact) mass is 290 g/mol. The van der Waals surface area contributed by atoms with Gasteiger partial charge in [0.15, 0.2) is 0 Å². The van der Waals surface area contributed by atoms with Crippen LogP contribution in [0.25, 0.3) is 0 Å². The van der Waals surface area contributed by atoms with E-state index in [2.05, 4.69) is 5.32 Å². The van der Waals surface area contributed by atoms with E-state index in [1.165, 1.54) is 12.1 Å². The van der Waals surface area contributed by atoms with Crippen molar-refractivity contribution >= 4 is 11.4 Å². The molecule has 0 heterocycles. The van der Waals surface area contributed by atoms with Gasteiger partial charge in [-0.25, -0.2) is 4.39 Å². The number of halogens is 1. The number of hydrogen-bond donors (Lipinski definition) is 1. The summed E-state index contributed by atoms with van der Waals surface area (Å²) in [5, 5.41) is 13.9. The van der Waals surface area contributed by atoms with Crippen molar-refractivity contribution in [3.8, 4) is 5.75 Å². The molecule has 0 aromatic heterocycles. The Hall–Kier alpha value is -2.63. The number of nitrogens with one attached hydrogen (secondary N) is 1. The lowest BCUT2D eigenvalue weighted by molar-refractivity contribution is -0.384. The molecule has 0 saturated heterocycles. The maximum absolute atomic E-state index is 13.1. The summed E-state index contributed by atoms with van der Waals surface area (Å²) in [5.41, 5.74) is 1.91. The number of anilines is 1. The van der Waals surface area contributed by atoms with Crippen LogP contribution >= 0.6 is 0 Å². The zero-order valence-corrected chi connectivity index (χ0v) is 11.7. The van der Waals surface area contributed by atoms with Crippen LogP contribution in [0.2, 0.25) is 0 Å². The number of nitro benzene ring substituents is 1. The molecule has 0 unspecified atom stereocenters. The van der Waals surface area contributed by atoms with Crippen LogP contribution in [0.4, 0.5) is 15.8 Å². The van der Waals surface area contributed by atoms with Gasteiger partial charge >= 0.3 is 0 Å². The van der Waals surface area contributed by atoms with Crippen LogP contribution in [0.1, 0.15) is 11.1 Å². The number of rotatable bonds is 5. The zero-order chi connectivity index (χ0) is 15.4. The van der Waals surface area contributed by atoms with Crippen molar-refractivity contribution < 1.29 is 14.1 Å². The normalized spacial score (nSPS) is 10.2. The number of benzene rings is 2. The fourth-order valence-corrected chi connectivity index (χ4v) is 2.04. The van der Waals surface area contributed by atoms with Crippen LogP contribution < -0.4 is 10.1 Å². The first-order valence-corrected chi connectivity index (χ1v) is 6.32. The number of ether oxygens (including phenoxy) is 1. The van der Waals surface area contributed by atoms with Crippen LogP contribution in [0.15, 0.2) is 36.4 Å². The summed E-state index contributed by atoms with van der Waals surface area (Å²) < 4.78 is 18.3. The van der Waals surface area contributed by atoms with Gasteiger partial charge in [-0.3, -0.25) is 10.1 Å². The molecule has 0 spiro atoms. The second-order valence-corrected chi connectivity index (χ2v) is 4.59. The van der Waals surface area contributed by atoms with E-state index in [9.17, 15) is 14.5 Å². The lowest BCUT2D eigenvalue weighted by atomic mass is 10.1. The predicted octanol–water partition coefficient (Wildman–Crippen LogP) is 3.66. The van der Waals surface area contributed by atoms with Crippen molar-refractivity contribution in [2.75, 3.05) is 12.4 Å². The van der Waals surface area contributed by atoms with E-state index in [4.69, 9.17) is 4.74 Å². The molecule has 0 amide bonds. The van der Waals surface area contributed by atoms with Crippen molar-refractivity contribution in [3.05, 3.63) is 63.5 Å². The summed E-state index contributed by atoms with van der Waals surface area (Å²) in [7, 11) is 1.56. The van der Waals surface area contributed by atoms with Gasteiger partial charge in [-0.05, 0) is 25.1 Å². The van der Waals surface area contributed by atoms with Crippen LogP contribution in [0.5, 0.6) is 5.75 Å². The molecule has 21 heavy (non-hydrogen) atoms. The molecule has 0 fully saturated rings. The van der Waals surface area contributed by atoms with Crippen molar-refractivity contribution in [2.24, 2.45) is 0 Å². The molecular formula is C15H15FN2O3. The van der Waals surface area contributed by atoms with Gasteiger partial charge in [0.2, 0.25) is 0 Å². The highest BCUT2D eigenvalue weighted by Crippen LogP contribution is 2.27. The minimum absolute atomic E-state index is 0.268. The minimum Gasteiger partial charge on any atom is -0.496 e. The lowest BCUT2D eigenvalue weighted by Crippen LogP contribution is -2.04. The van der Waals surface area contributed by atoms with Crippen LogP contribution in [-0.2, 0) is 6.54 Å². The summed E-state index contributed by atoms with van der Waals surface area (Å²) in [6, 6.07) is 9.13. The quantitative estimate of drug-likeness (QED) is 0.674. The predicted molar refractivity (Wildman–Crippen MR) is 78.1 cm³/mol. The molecule has 0 aliphatic carbocycles. The molecule has 5 nitrogen and oxygen atoms in total. The van der Waals surface area contributed by atoms with E-state index in [-0.39, 0.29) is 11.4 Å². The number of nitrogens with zero attached hydrogens (tertiary/aromatic N) is 1. The summed E-state index contributed by atoms with van der Waals surface area (Å²) >= 11 is 0. The van der Waals surface area contributed by atoms with Gasteiger partial charge in [0, 0.05) is 12.1 Å². The van der Waals surface area contributed by atoms with Gasteiger partial charge in [-0.2, -0.15) is 0 Å². The summed E-state index contributed by atoms with van der Waals surface area (Å²) in [6.45, 7) is 2.29. The molecule has 6 heteroatoms. The highest BCUT2D eigenvalue weighted by Gasteiger charge is 2.15. The van der Waals surface area contributed by atoms with Crippen molar-refractivity contribution in [1.82, 2.24) is 0 Å². The molecule has 0 aliphatic rings. The first-order valence-electron chi connectivity index (χ1n) is 6.32. The van der Waals surface area contributed by atoms with E-state index in [1.807, 2.05) is 25.1 Å². The van der Waals surface area contributed by atoms with Crippen molar-refractivity contribution in [1.29, 1.82) is 0 Å². The molecule has 0 radical (unpaired) electrons. The Morgan fingerprint density at radius 2 is 2.05 bits per heavy atom. The summed E-state index contributed by atoms with van der Waals surface area (Å²) in [6.07, 6.45) is 0. The zero-order valence-electron chi connectivity index (χ0n) is 11.7. The Labute approximate surface area is 121 Å². The smallest absolute Gasteiger partial charge is 0.295 e. The van der Waals surface area contributed by atoms with Crippen LogP contribution in [-0.4, -0.2) is 12.0 Å². The topological polar surface area (TPSA) is 64.4 Å². The fraction of sp³-hybridized carbons (Fsp3) is 0.200. The molecular weight excluding hydrogens is 275 g/mol. The van der Waals surface area contributed by atoms with Gasteiger partial charge in [-0.1, -0.05) is 17.7 Å². The largest absolute Gasteiger partial charge is 0.496 e. The molecule has 0 atom stereocenters. The van der Waals surface area contributed by atoms with E-state index in [1.54, 1.807) is 7.11 Å². The molecule has 2 rings (SSSR count). The third-order valence-electron chi connectivity index (χ3n) is 3.06. The standard InChI is InChI=1S/C15H15FN2O3/c1-10-3-6-15(21-2)11(7-10)9-17-13-5-4-12(16)8-14(13)18(19)20/h3-8,17H,9H2,1-2H3. The van der Waals surface area contributed by atoms with E-state index >= 15 is 0 Å². The molecule has 110 valence electrons. The third-order valence-corrected chi connectivity index (χ3v) is 3.06. The number of hydrogen-bond acceptors (Lipinski definition) is 4. The first kappa shape index (κ1) is 14.8. The average molecular weight is 290 g/mol. The van der Waals surface area contributed by atoms with Crippen LogP contribution in [0, 0.1) is 22.9 Å². The highest BCUT2D eigenvalue weighted by molar-refractivity contribution is 5.61. The second kappa shape index (κ2) is 6.21. The van der Waals surface area contributed by atoms with E-state index in [0.717, 1.165) is 17.2 Å². The second-order valence-electron chi connectivity index (χ2n) is 4.59. The highest BCUT2D eigenvalue weighted by atomic mass is 19.1. The molecule has 1 N–H and O–H groups in total. The number of aryl methyl sites for hydroxylation is 1. The Bertz CT molecular complexity index is 674. The first-order chi connectivity index (χ1) is 10.0. The third kappa shape index (κ3) is 3.47. The number of nitro groups is 1. The van der Waals surface area contributed by atoms with Crippen molar-refractivity contribution in [3.63, 3.8) is 0 Å². The minimum atomic E-state index is -0.639. The fourth-order valence-electron chi connectivity index (χ4n) is 2.04. The Morgan fingerprint density at radius 3 is 2.71 bits per heavy atom. The van der Waals surface area contributed by atoms with Gasteiger partial charge in [0.25, 0.3) is 5.69 Å². The summed E-state index contributed by atoms with van der Waals surface area (Å²) in [5.74, 6) is 0.0539. The van der Waals surface area contributed by atoms with Gasteiger partial charge in [0.1, 0.15) is 17.3 Å². The molecule has 0 bridgehead atoms. The van der Waals surface area contributed by atoms with E-state index in [0.29, 0.717) is 12.3 Å². The Morgan fingerprint density at radius 1 is 1.29 bits per heavy atom. The molecule has 2 aromatic rings. The van der Waals surface area contributed by atoms with Gasteiger partial charge in [-0.15, -0.1) is 0 Å². The molecule has 0 aliphatic heterocycles. The maximum Gasteiger partial charge on any atom is 0.295 e. The average Bonchev–Trinajstić information content (AvgIpc) is 2.46. The molecule has 0 saturated carbocycles. The lowest BCUT2D eigenvalue weighted by Gasteiger charge is -2.11. The Kier molecular flexibility index (Phi) is 4.37. The molecule has 2 aromatic carbocycles. The summed E-state index contributed by atoms with van der Waals surface area (Å²) in [4.78, 5) is 10.3. The maximum atomic E-state index is 13.1. The van der Waals surface area contributed by atoms with Gasteiger partial charge in [0.05, 0.1) is 18.1 Å².